The summed E-state index contributed by atoms with van der Waals surface area (Å²) in [6, 6.07) is 3.08. The number of likely N-dealkylation sites (N-methyl/N-ethyl adjacent to an activating group) is 1. The van der Waals surface area contributed by atoms with Gasteiger partial charge in [-0.1, -0.05) is 6.07 Å². The van der Waals surface area contributed by atoms with Gasteiger partial charge in [0.05, 0.1) is 23.9 Å². The van der Waals surface area contributed by atoms with Crippen molar-refractivity contribution in [2.24, 2.45) is 0 Å². The van der Waals surface area contributed by atoms with Crippen molar-refractivity contribution in [3.05, 3.63) is 35.1 Å². The number of esters is 2. The molecule has 13 nitrogen and oxygen atoms in total. The van der Waals surface area contributed by atoms with Crippen molar-refractivity contribution in [3.63, 3.8) is 0 Å². The number of rotatable bonds is 8. The largest absolute Gasteiger partial charge is 0.504 e. The van der Waals surface area contributed by atoms with Crippen LogP contribution in [0.1, 0.15) is 36.8 Å². The molecule has 2 aliphatic carbocycles. The minimum atomic E-state index is -2.11. The zero-order valence-corrected chi connectivity index (χ0v) is 20.3. The summed E-state index contributed by atoms with van der Waals surface area (Å²) >= 11 is 0. The number of nitrogens with zero attached hydrogens (tertiary/aromatic N) is 1. The smallest absolute Gasteiger partial charge is 0.345 e. The molecule has 2 heterocycles. The highest BCUT2D eigenvalue weighted by Crippen LogP contribution is 2.65. The van der Waals surface area contributed by atoms with Crippen molar-refractivity contribution in [2.45, 2.75) is 67.5 Å². The standard InChI is InChI=1S/C25H27NO12/c1-26-7-6-24-19-11-2-3-12(27)20(19)38-21(24)14(4-5-25(24,35)16(26)8-11)36-18(31)9-13(28)23(34)37-15(22(32)33)10-17(29)30/h2-4,13,15-16,21,27-28,35H,5-10H2,1H3,(H,29,30)(H,32,33)/t13-,15+,16-,21-,24-,25+/m0/s1. The normalized spacial score (nSPS) is 30.2. The number of carbonyl (C=O) groups excluding carboxylic acids is 2. The van der Waals surface area contributed by atoms with E-state index in [0.717, 1.165) is 5.56 Å². The third kappa shape index (κ3) is 3.72. The van der Waals surface area contributed by atoms with Gasteiger partial charge in [-0.2, -0.15) is 0 Å². The topological polar surface area (TPSA) is 200 Å². The molecule has 0 radical (unpaired) electrons. The molecule has 2 bridgehead atoms. The van der Waals surface area contributed by atoms with E-state index >= 15 is 0 Å². The first-order valence-electron chi connectivity index (χ1n) is 12.1. The predicted octanol–water partition coefficient (Wildman–Crippen LogP) is -0.565. The Balaban J connectivity index is 1.36. The van der Waals surface area contributed by atoms with Gasteiger partial charge in [-0.3, -0.25) is 9.59 Å². The lowest BCUT2D eigenvalue weighted by molar-refractivity contribution is -0.176. The lowest BCUT2D eigenvalue weighted by Crippen LogP contribution is -2.74. The van der Waals surface area contributed by atoms with Crippen LogP contribution in [0.4, 0.5) is 0 Å². The first-order chi connectivity index (χ1) is 17.9. The molecule has 2 aliphatic heterocycles. The van der Waals surface area contributed by atoms with E-state index in [1.54, 1.807) is 6.07 Å². The molecule has 38 heavy (non-hydrogen) atoms. The highest BCUT2D eigenvalue weighted by Gasteiger charge is 2.72. The van der Waals surface area contributed by atoms with E-state index in [1.165, 1.54) is 12.1 Å². The highest BCUT2D eigenvalue weighted by atomic mass is 16.6. The molecule has 204 valence electrons. The molecule has 0 unspecified atom stereocenters. The van der Waals surface area contributed by atoms with Crippen molar-refractivity contribution in [1.29, 1.82) is 0 Å². The number of phenols is 1. The second kappa shape index (κ2) is 8.96. The molecule has 1 aromatic carbocycles. The first-order valence-corrected chi connectivity index (χ1v) is 12.1. The summed E-state index contributed by atoms with van der Waals surface area (Å²) in [5.74, 6) is -5.64. The van der Waals surface area contributed by atoms with Gasteiger partial charge < -0.3 is 44.6 Å². The maximum absolute atomic E-state index is 12.7. The van der Waals surface area contributed by atoms with Gasteiger partial charge in [0.15, 0.2) is 23.7 Å². The van der Waals surface area contributed by atoms with Crippen molar-refractivity contribution in [1.82, 2.24) is 4.90 Å². The van der Waals surface area contributed by atoms with Gasteiger partial charge in [-0.05, 0) is 44.1 Å². The lowest BCUT2D eigenvalue weighted by atomic mass is 9.50. The van der Waals surface area contributed by atoms with Crippen LogP contribution in [0.15, 0.2) is 24.0 Å². The molecular formula is C25H27NO12. The summed E-state index contributed by atoms with van der Waals surface area (Å²) in [5, 5.41) is 50.5. The molecule has 6 atom stereocenters. The SMILES string of the molecule is CN1CC[C@]23c4c5ccc(O)c4O[C@H]2C(OC(=O)C[C@H](O)C(=O)O[C@H](CC(=O)O)C(=O)O)=CC[C@@]3(O)[C@@H]1C5. The van der Waals surface area contributed by atoms with Gasteiger partial charge in [0.2, 0.25) is 6.10 Å². The maximum Gasteiger partial charge on any atom is 0.345 e. The molecule has 1 aromatic rings. The number of aliphatic hydroxyl groups is 2. The Bertz CT molecular complexity index is 1260. The van der Waals surface area contributed by atoms with Crippen LogP contribution in [0.3, 0.4) is 0 Å². The number of aliphatic carboxylic acids is 2. The van der Waals surface area contributed by atoms with Crippen molar-refractivity contribution >= 4 is 23.9 Å². The van der Waals surface area contributed by atoms with E-state index < -0.39 is 66.0 Å². The fourth-order valence-corrected chi connectivity index (χ4v) is 6.41. The molecule has 4 aliphatic rings. The number of carbonyl (C=O) groups is 4. The maximum atomic E-state index is 12.7. The molecule has 1 spiro atoms. The Morgan fingerprint density at radius 3 is 2.63 bits per heavy atom. The zero-order chi connectivity index (χ0) is 27.6. The number of aliphatic hydroxyl groups excluding tert-OH is 1. The van der Waals surface area contributed by atoms with Crippen LogP contribution in [-0.2, 0) is 40.5 Å². The minimum absolute atomic E-state index is 0.0567. The molecule has 0 amide bonds. The Hall–Kier alpha value is -3.68. The summed E-state index contributed by atoms with van der Waals surface area (Å²) in [4.78, 5) is 48.8. The fourth-order valence-electron chi connectivity index (χ4n) is 6.41. The quantitative estimate of drug-likeness (QED) is 0.266. The molecule has 1 fully saturated rings. The van der Waals surface area contributed by atoms with E-state index in [2.05, 4.69) is 9.64 Å². The number of likely N-dealkylation sites (tertiary alicyclic amines) is 1. The van der Waals surface area contributed by atoms with Crippen LogP contribution >= 0.6 is 0 Å². The number of carboxylic acids is 2. The number of hydrogen-bond acceptors (Lipinski definition) is 11. The van der Waals surface area contributed by atoms with Crippen LogP contribution in [0.25, 0.3) is 0 Å². The molecule has 5 rings (SSSR count). The Morgan fingerprint density at radius 1 is 1.21 bits per heavy atom. The number of aromatic hydroxyl groups is 1. The minimum Gasteiger partial charge on any atom is -0.504 e. The van der Waals surface area contributed by atoms with Gasteiger partial charge in [0.1, 0.15) is 5.76 Å². The van der Waals surface area contributed by atoms with Crippen LogP contribution in [0.2, 0.25) is 0 Å². The van der Waals surface area contributed by atoms with E-state index in [0.29, 0.717) is 24.9 Å². The lowest BCUT2D eigenvalue weighted by Gasteiger charge is -2.61. The predicted molar refractivity (Wildman–Crippen MR) is 123 cm³/mol. The number of hydrogen-bond donors (Lipinski definition) is 5. The van der Waals surface area contributed by atoms with Gasteiger partial charge >= 0.3 is 23.9 Å². The molecule has 1 saturated heterocycles. The number of benzene rings is 1. The monoisotopic (exact) mass is 533 g/mol. The summed E-state index contributed by atoms with van der Waals surface area (Å²) in [6.07, 6.45) is -4.40. The van der Waals surface area contributed by atoms with Gasteiger partial charge in [-0.15, -0.1) is 0 Å². The summed E-state index contributed by atoms with van der Waals surface area (Å²) in [6.45, 7) is 0.619. The molecule has 13 heteroatoms. The molecule has 0 aromatic heterocycles. The van der Waals surface area contributed by atoms with Crippen molar-refractivity contribution < 1.29 is 58.9 Å². The van der Waals surface area contributed by atoms with Crippen LogP contribution in [0.5, 0.6) is 11.5 Å². The van der Waals surface area contributed by atoms with E-state index in [9.17, 15) is 34.5 Å². The summed E-state index contributed by atoms with van der Waals surface area (Å²) in [5.41, 5.74) is -0.662. The van der Waals surface area contributed by atoms with Gasteiger partial charge in [-0.25, -0.2) is 9.59 Å². The fraction of sp³-hybridized carbons (Fsp3) is 0.520. The third-order valence-corrected chi connectivity index (χ3v) is 8.11. The van der Waals surface area contributed by atoms with E-state index in [1.807, 2.05) is 7.05 Å². The molecule has 0 saturated carbocycles. The van der Waals surface area contributed by atoms with E-state index in [-0.39, 0.29) is 29.7 Å². The Morgan fingerprint density at radius 2 is 1.95 bits per heavy atom. The average molecular weight is 533 g/mol. The highest BCUT2D eigenvalue weighted by molar-refractivity contribution is 5.86. The van der Waals surface area contributed by atoms with Gasteiger partial charge in [0.25, 0.3) is 0 Å². The number of carboxylic acid groups (broad SMARTS) is 2. The first kappa shape index (κ1) is 25.9. The second-order valence-corrected chi connectivity index (χ2v) is 10.2. The summed E-state index contributed by atoms with van der Waals surface area (Å²) in [7, 11) is 1.93. The Labute approximate surface area is 215 Å². The Kier molecular flexibility index (Phi) is 6.12. The van der Waals surface area contributed by atoms with Crippen molar-refractivity contribution in [2.75, 3.05) is 13.6 Å². The average Bonchev–Trinajstić information content (AvgIpc) is 3.20. The van der Waals surface area contributed by atoms with E-state index in [4.69, 9.17) is 19.7 Å². The third-order valence-electron chi connectivity index (χ3n) is 8.11. The van der Waals surface area contributed by atoms with Crippen molar-refractivity contribution in [3.8, 4) is 11.5 Å². The summed E-state index contributed by atoms with van der Waals surface area (Å²) < 4.78 is 16.2. The van der Waals surface area contributed by atoms with Crippen LogP contribution < -0.4 is 4.74 Å². The molecule has 5 N–H and O–H groups in total. The van der Waals surface area contributed by atoms with Gasteiger partial charge in [0, 0.05) is 18.0 Å². The zero-order valence-electron chi connectivity index (χ0n) is 20.3. The number of ether oxygens (including phenoxy) is 3. The van der Waals surface area contributed by atoms with Crippen LogP contribution in [-0.4, -0.2) is 97.9 Å². The number of phenolic OH excluding ortho intramolecular Hbond substituents is 1. The van der Waals surface area contributed by atoms with Crippen LogP contribution in [0, 0.1) is 0 Å². The number of piperidine rings is 1. The molecular weight excluding hydrogens is 506 g/mol. The second-order valence-electron chi connectivity index (χ2n) is 10.2.